The molecular weight excluding hydrogens is 216 g/mol. The summed E-state index contributed by atoms with van der Waals surface area (Å²) in [7, 11) is 0. The van der Waals surface area contributed by atoms with Gasteiger partial charge >= 0.3 is 0 Å². The molecule has 100 valence electrons. The van der Waals surface area contributed by atoms with Crippen molar-refractivity contribution < 1.29 is 9.53 Å². The van der Waals surface area contributed by atoms with Gasteiger partial charge in [-0.2, -0.15) is 0 Å². The van der Waals surface area contributed by atoms with Crippen molar-refractivity contribution in [2.75, 3.05) is 26.3 Å². The van der Waals surface area contributed by atoms with Gasteiger partial charge in [0.1, 0.15) is 0 Å². The molecule has 2 N–H and O–H groups in total. The van der Waals surface area contributed by atoms with Crippen LogP contribution in [0.25, 0.3) is 0 Å². The molecule has 1 atom stereocenters. The third-order valence-corrected chi connectivity index (χ3v) is 3.45. The summed E-state index contributed by atoms with van der Waals surface area (Å²) >= 11 is 0. The van der Waals surface area contributed by atoms with Crippen LogP contribution in [0.4, 0.5) is 0 Å². The molecule has 1 aliphatic heterocycles. The van der Waals surface area contributed by atoms with Crippen molar-refractivity contribution in [3.05, 3.63) is 0 Å². The van der Waals surface area contributed by atoms with Crippen LogP contribution < -0.4 is 10.6 Å². The van der Waals surface area contributed by atoms with E-state index in [0.29, 0.717) is 18.4 Å². The molecule has 1 rings (SSSR count). The first-order valence-corrected chi connectivity index (χ1v) is 6.67. The number of ether oxygens (including phenoxy) is 1. The SMILES string of the molecule is CC(C)C(C)NC(=O)CNCC1CCOCC1. The molecule has 1 heterocycles. The molecule has 0 saturated carbocycles. The maximum atomic E-state index is 11.6. The van der Waals surface area contributed by atoms with Crippen LogP contribution in [-0.2, 0) is 9.53 Å². The third-order valence-electron chi connectivity index (χ3n) is 3.45. The summed E-state index contributed by atoms with van der Waals surface area (Å²) in [6, 6.07) is 0.243. The molecule has 17 heavy (non-hydrogen) atoms. The highest BCUT2D eigenvalue weighted by Gasteiger charge is 2.14. The van der Waals surface area contributed by atoms with E-state index < -0.39 is 0 Å². The highest BCUT2D eigenvalue weighted by molar-refractivity contribution is 5.78. The van der Waals surface area contributed by atoms with Gasteiger partial charge in [0.2, 0.25) is 5.91 Å². The van der Waals surface area contributed by atoms with Crippen LogP contribution in [0.3, 0.4) is 0 Å². The Hall–Kier alpha value is -0.610. The Labute approximate surface area is 104 Å². The van der Waals surface area contributed by atoms with Crippen molar-refractivity contribution in [1.82, 2.24) is 10.6 Å². The van der Waals surface area contributed by atoms with E-state index in [1.54, 1.807) is 0 Å². The Balaban J connectivity index is 2.07. The lowest BCUT2D eigenvalue weighted by molar-refractivity contribution is -0.121. The Morgan fingerprint density at radius 2 is 1.94 bits per heavy atom. The van der Waals surface area contributed by atoms with Crippen molar-refractivity contribution in [2.24, 2.45) is 11.8 Å². The van der Waals surface area contributed by atoms with Gasteiger partial charge in [-0.1, -0.05) is 13.8 Å². The highest BCUT2D eigenvalue weighted by Crippen LogP contribution is 2.12. The molecule has 0 spiro atoms. The first-order valence-electron chi connectivity index (χ1n) is 6.67. The molecule has 0 aliphatic carbocycles. The Morgan fingerprint density at radius 3 is 2.53 bits per heavy atom. The molecule has 1 unspecified atom stereocenters. The number of nitrogens with one attached hydrogen (secondary N) is 2. The lowest BCUT2D eigenvalue weighted by Crippen LogP contribution is -2.42. The minimum absolute atomic E-state index is 0.0956. The standard InChI is InChI=1S/C13H26N2O2/c1-10(2)11(3)15-13(16)9-14-8-12-4-6-17-7-5-12/h10-12,14H,4-9H2,1-3H3,(H,15,16). The van der Waals surface area contributed by atoms with Gasteiger partial charge < -0.3 is 15.4 Å². The molecule has 1 fully saturated rings. The van der Waals surface area contributed by atoms with Crippen LogP contribution in [-0.4, -0.2) is 38.3 Å². The smallest absolute Gasteiger partial charge is 0.234 e. The summed E-state index contributed by atoms with van der Waals surface area (Å²) < 4.78 is 5.30. The van der Waals surface area contributed by atoms with Crippen LogP contribution in [0, 0.1) is 11.8 Å². The summed E-state index contributed by atoms with van der Waals surface area (Å²) in [6.07, 6.45) is 2.22. The van der Waals surface area contributed by atoms with Crippen LogP contribution in [0.15, 0.2) is 0 Å². The largest absolute Gasteiger partial charge is 0.381 e. The normalized spacial score (nSPS) is 19.3. The van der Waals surface area contributed by atoms with E-state index in [4.69, 9.17) is 4.74 Å². The molecule has 0 aromatic heterocycles. The van der Waals surface area contributed by atoms with Gasteiger partial charge in [-0.05, 0) is 38.1 Å². The predicted molar refractivity (Wildman–Crippen MR) is 68.9 cm³/mol. The summed E-state index contributed by atoms with van der Waals surface area (Å²) in [5.74, 6) is 1.24. The fourth-order valence-corrected chi connectivity index (χ4v) is 1.81. The average molecular weight is 242 g/mol. The molecule has 0 radical (unpaired) electrons. The summed E-state index contributed by atoms with van der Waals surface area (Å²) in [5, 5.41) is 6.22. The van der Waals surface area contributed by atoms with Crippen molar-refractivity contribution in [3.63, 3.8) is 0 Å². The number of carbonyl (C=O) groups is 1. The second-order valence-corrected chi connectivity index (χ2v) is 5.29. The molecular formula is C13H26N2O2. The predicted octanol–water partition coefficient (Wildman–Crippen LogP) is 1.16. The number of carbonyl (C=O) groups excluding carboxylic acids is 1. The molecule has 4 heteroatoms. The average Bonchev–Trinajstić information content (AvgIpc) is 2.30. The van der Waals surface area contributed by atoms with E-state index in [0.717, 1.165) is 32.6 Å². The highest BCUT2D eigenvalue weighted by atomic mass is 16.5. The van der Waals surface area contributed by atoms with Crippen LogP contribution in [0.2, 0.25) is 0 Å². The van der Waals surface area contributed by atoms with Gasteiger partial charge in [-0.25, -0.2) is 0 Å². The van der Waals surface area contributed by atoms with Crippen LogP contribution in [0.5, 0.6) is 0 Å². The van der Waals surface area contributed by atoms with Gasteiger partial charge in [-0.3, -0.25) is 4.79 Å². The van der Waals surface area contributed by atoms with E-state index in [2.05, 4.69) is 24.5 Å². The molecule has 4 nitrogen and oxygen atoms in total. The van der Waals surface area contributed by atoms with E-state index >= 15 is 0 Å². The van der Waals surface area contributed by atoms with Gasteiger partial charge in [-0.15, -0.1) is 0 Å². The van der Waals surface area contributed by atoms with Crippen molar-refractivity contribution in [3.8, 4) is 0 Å². The zero-order valence-corrected chi connectivity index (χ0v) is 11.3. The number of rotatable bonds is 6. The Morgan fingerprint density at radius 1 is 1.29 bits per heavy atom. The Bertz CT molecular complexity index is 225. The molecule has 0 bridgehead atoms. The van der Waals surface area contributed by atoms with Crippen molar-refractivity contribution in [1.29, 1.82) is 0 Å². The summed E-state index contributed by atoms with van der Waals surface area (Å²) in [5.41, 5.74) is 0. The zero-order valence-electron chi connectivity index (χ0n) is 11.3. The van der Waals surface area contributed by atoms with Gasteiger partial charge in [0.25, 0.3) is 0 Å². The fraction of sp³-hybridized carbons (Fsp3) is 0.923. The van der Waals surface area contributed by atoms with E-state index in [9.17, 15) is 4.79 Å². The summed E-state index contributed by atoms with van der Waals surface area (Å²) in [6.45, 7) is 9.34. The number of hydrogen-bond donors (Lipinski definition) is 2. The quantitative estimate of drug-likeness (QED) is 0.735. The number of amides is 1. The lowest BCUT2D eigenvalue weighted by Gasteiger charge is -2.22. The van der Waals surface area contributed by atoms with Crippen molar-refractivity contribution >= 4 is 5.91 Å². The van der Waals surface area contributed by atoms with E-state index in [-0.39, 0.29) is 11.9 Å². The molecule has 1 amide bonds. The maximum absolute atomic E-state index is 11.6. The third kappa shape index (κ3) is 6.03. The second kappa shape index (κ2) is 7.67. The zero-order chi connectivity index (χ0) is 12.7. The molecule has 1 aliphatic rings. The summed E-state index contributed by atoms with van der Waals surface area (Å²) in [4.78, 5) is 11.6. The van der Waals surface area contributed by atoms with Crippen LogP contribution in [0.1, 0.15) is 33.6 Å². The first-order chi connectivity index (χ1) is 8.09. The minimum Gasteiger partial charge on any atom is -0.381 e. The topological polar surface area (TPSA) is 50.4 Å². The van der Waals surface area contributed by atoms with Gasteiger partial charge in [0.05, 0.1) is 6.54 Å². The minimum atomic E-state index is 0.0956. The maximum Gasteiger partial charge on any atom is 0.234 e. The van der Waals surface area contributed by atoms with E-state index in [1.165, 1.54) is 0 Å². The fourth-order valence-electron chi connectivity index (χ4n) is 1.81. The first kappa shape index (κ1) is 14.5. The molecule has 0 aromatic rings. The molecule has 0 aromatic carbocycles. The van der Waals surface area contributed by atoms with Crippen molar-refractivity contribution in [2.45, 2.75) is 39.7 Å². The van der Waals surface area contributed by atoms with E-state index in [1.807, 2.05) is 6.92 Å². The second-order valence-electron chi connectivity index (χ2n) is 5.29. The van der Waals surface area contributed by atoms with Crippen LogP contribution >= 0.6 is 0 Å². The molecule has 1 saturated heterocycles. The van der Waals surface area contributed by atoms with Gasteiger partial charge in [0, 0.05) is 19.3 Å². The van der Waals surface area contributed by atoms with Gasteiger partial charge in [0.15, 0.2) is 0 Å². The number of hydrogen-bond acceptors (Lipinski definition) is 3. The monoisotopic (exact) mass is 242 g/mol. The Kier molecular flexibility index (Phi) is 6.52. The lowest BCUT2D eigenvalue weighted by atomic mass is 10.0.